The van der Waals surface area contributed by atoms with Crippen molar-refractivity contribution in [3.8, 4) is 36.2 Å². The SMILES string of the molecule is C#CC(O)(c1ccc(OCCC)cc1)c1ccc(Sc2ccc(C(O)(C#C)c3ccc(OCCC)cc3)cc2)cc1. The van der Waals surface area contributed by atoms with E-state index in [4.69, 9.17) is 22.3 Å². The van der Waals surface area contributed by atoms with Gasteiger partial charge in [0.05, 0.1) is 13.2 Å². The van der Waals surface area contributed by atoms with Gasteiger partial charge >= 0.3 is 0 Å². The third-order valence-electron chi connectivity index (χ3n) is 6.69. The Balaban J connectivity index is 1.47. The Hall–Kier alpha value is -4.13. The lowest BCUT2D eigenvalue weighted by Gasteiger charge is -2.24. The lowest BCUT2D eigenvalue weighted by Crippen LogP contribution is -2.25. The quantitative estimate of drug-likeness (QED) is 0.180. The molecular weight excluding hydrogens is 528 g/mol. The Morgan fingerprint density at radius 1 is 0.561 bits per heavy atom. The molecule has 4 aromatic carbocycles. The van der Waals surface area contributed by atoms with Crippen LogP contribution in [0.25, 0.3) is 0 Å². The predicted octanol–water partition coefficient (Wildman–Crippen LogP) is 7.15. The van der Waals surface area contributed by atoms with Gasteiger partial charge in [0.25, 0.3) is 0 Å². The van der Waals surface area contributed by atoms with Crippen LogP contribution in [0, 0.1) is 24.7 Å². The summed E-state index contributed by atoms with van der Waals surface area (Å²) >= 11 is 1.55. The zero-order chi connectivity index (χ0) is 29.3. The van der Waals surface area contributed by atoms with Gasteiger partial charge in [-0.05, 0) is 61.4 Å². The van der Waals surface area contributed by atoms with Crippen molar-refractivity contribution < 1.29 is 19.7 Å². The first kappa shape index (κ1) is 29.8. The summed E-state index contributed by atoms with van der Waals surface area (Å²) in [6.07, 6.45) is 13.4. The van der Waals surface area contributed by atoms with Gasteiger partial charge in [-0.15, -0.1) is 12.8 Å². The average molecular weight is 563 g/mol. The van der Waals surface area contributed by atoms with E-state index in [0.717, 1.165) is 34.1 Å². The molecule has 0 bridgehead atoms. The summed E-state index contributed by atoms with van der Waals surface area (Å²) in [6.45, 7) is 5.36. The molecule has 0 heterocycles. The third kappa shape index (κ3) is 6.79. The molecule has 0 aliphatic carbocycles. The normalized spacial score (nSPS) is 13.7. The highest BCUT2D eigenvalue weighted by Gasteiger charge is 2.30. The highest BCUT2D eigenvalue weighted by molar-refractivity contribution is 7.99. The smallest absolute Gasteiger partial charge is 0.176 e. The number of terminal acetylenes is 2. The summed E-state index contributed by atoms with van der Waals surface area (Å²) in [5.74, 6) is 6.59. The average Bonchev–Trinajstić information content (AvgIpc) is 3.03. The second-order valence-electron chi connectivity index (χ2n) is 9.61. The summed E-state index contributed by atoms with van der Waals surface area (Å²) < 4.78 is 11.3. The number of ether oxygens (including phenoxy) is 2. The maximum atomic E-state index is 11.4. The van der Waals surface area contributed by atoms with Crippen molar-refractivity contribution in [2.45, 2.75) is 47.7 Å². The van der Waals surface area contributed by atoms with Crippen molar-refractivity contribution >= 4 is 11.8 Å². The van der Waals surface area contributed by atoms with E-state index in [0.29, 0.717) is 35.5 Å². The van der Waals surface area contributed by atoms with Crippen molar-refractivity contribution in [2.24, 2.45) is 0 Å². The van der Waals surface area contributed by atoms with Gasteiger partial charge in [0.15, 0.2) is 11.2 Å². The van der Waals surface area contributed by atoms with Crippen LogP contribution < -0.4 is 9.47 Å². The molecule has 41 heavy (non-hydrogen) atoms. The van der Waals surface area contributed by atoms with Crippen molar-refractivity contribution in [3.63, 3.8) is 0 Å². The molecule has 0 radical (unpaired) electrons. The van der Waals surface area contributed by atoms with E-state index in [-0.39, 0.29) is 0 Å². The molecule has 2 N–H and O–H groups in total. The van der Waals surface area contributed by atoms with E-state index in [2.05, 4.69) is 11.8 Å². The van der Waals surface area contributed by atoms with E-state index in [1.165, 1.54) is 0 Å². The second kappa shape index (κ2) is 13.5. The molecule has 0 aliphatic heterocycles. The number of hydrogen-bond acceptors (Lipinski definition) is 5. The number of hydrogen-bond donors (Lipinski definition) is 2. The van der Waals surface area contributed by atoms with E-state index >= 15 is 0 Å². The molecule has 2 atom stereocenters. The lowest BCUT2D eigenvalue weighted by atomic mass is 9.87. The predicted molar refractivity (Wildman–Crippen MR) is 165 cm³/mol. The number of rotatable bonds is 12. The number of benzene rings is 4. The van der Waals surface area contributed by atoms with E-state index in [9.17, 15) is 10.2 Å². The number of aliphatic hydroxyl groups is 2. The fourth-order valence-corrected chi connectivity index (χ4v) is 5.17. The van der Waals surface area contributed by atoms with E-state index < -0.39 is 11.2 Å². The Morgan fingerprint density at radius 2 is 0.854 bits per heavy atom. The van der Waals surface area contributed by atoms with Gasteiger partial charge in [0.2, 0.25) is 0 Å². The van der Waals surface area contributed by atoms with Gasteiger partial charge in [0, 0.05) is 32.0 Å². The first-order valence-corrected chi connectivity index (χ1v) is 14.4. The summed E-state index contributed by atoms with van der Waals surface area (Å²) in [6, 6.07) is 29.5. The molecule has 4 rings (SSSR count). The highest BCUT2D eigenvalue weighted by atomic mass is 32.2. The molecule has 0 amide bonds. The van der Waals surface area contributed by atoms with Crippen LogP contribution >= 0.6 is 11.8 Å². The van der Waals surface area contributed by atoms with Gasteiger partial charge < -0.3 is 19.7 Å². The van der Waals surface area contributed by atoms with Gasteiger partial charge in [-0.2, -0.15) is 0 Å². The van der Waals surface area contributed by atoms with Crippen LogP contribution in [0.2, 0.25) is 0 Å². The molecule has 0 fully saturated rings. The summed E-state index contributed by atoms with van der Waals surface area (Å²) in [7, 11) is 0. The Kier molecular flexibility index (Phi) is 9.82. The maximum Gasteiger partial charge on any atom is 0.176 e. The Morgan fingerprint density at radius 3 is 1.12 bits per heavy atom. The van der Waals surface area contributed by atoms with Gasteiger partial charge in [-0.25, -0.2) is 0 Å². The van der Waals surface area contributed by atoms with Crippen LogP contribution in [0.5, 0.6) is 11.5 Å². The van der Waals surface area contributed by atoms with E-state index in [1.807, 2.05) is 86.6 Å². The first-order chi connectivity index (χ1) is 19.9. The highest BCUT2D eigenvalue weighted by Crippen LogP contribution is 2.36. The van der Waals surface area contributed by atoms with Crippen LogP contribution in [-0.4, -0.2) is 23.4 Å². The van der Waals surface area contributed by atoms with Crippen molar-refractivity contribution in [2.75, 3.05) is 13.2 Å². The third-order valence-corrected chi connectivity index (χ3v) is 7.70. The minimum Gasteiger partial charge on any atom is -0.494 e. The Labute approximate surface area is 247 Å². The van der Waals surface area contributed by atoms with Crippen LogP contribution in [-0.2, 0) is 11.2 Å². The largest absolute Gasteiger partial charge is 0.494 e. The van der Waals surface area contributed by atoms with Crippen LogP contribution in [0.15, 0.2) is 107 Å². The monoisotopic (exact) mass is 562 g/mol. The molecule has 5 heteroatoms. The molecule has 0 spiro atoms. The standard InChI is InChI=1S/C36H34O4S/c1-5-25-39-31-17-9-27(10-18-31)35(37,7-3)29-13-21-33(22-14-29)41-34-23-15-30(16-24-34)36(38,8-4)28-11-19-32(20-12-28)40-26-6-2/h3-4,9-24,37-38H,5-6,25-26H2,1-2H3. The molecular formula is C36H34O4S. The minimum atomic E-state index is -1.56. The molecule has 208 valence electrons. The van der Waals surface area contributed by atoms with Crippen molar-refractivity contribution in [3.05, 3.63) is 119 Å². The first-order valence-electron chi connectivity index (χ1n) is 13.6. The van der Waals surface area contributed by atoms with Gasteiger partial charge in [-0.1, -0.05) is 86.0 Å². The minimum absolute atomic E-state index is 0.601. The topological polar surface area (TPSA) is 58.9 Å². The lowest BCUT2D eigenvalue weighted by molar-refractivity contribution is 0.145. The molecule has 0 aliphatic rings. The van der Waals surface area contributed by atoms with Crippen molar-refractivity contribution in [1.29, 1.82) is 0 Å². The molecule has 0 saturated carbocycles. The molecule has 0 saturated heterocycles. The molecule has 0 aromatic heterocycles. The summed E-state index contributed by atoms with van der Waals surface area (Å²) in [5, 5.41) is 22.7. The fourth-order valence-electron chi connectivity index (χ4n) is 4.36. The van der Waals surface area contributed by atoms with Crippen LogP contribution in [0.4, 0.5) is 0 Å². The fraction of sp³-hybridized carbons (Fsp3) is 0.222. The van der Waals surface area contributed by atoms with Crippen LogP contribution in [0.1, 0.15) is 48.9 Å². The zero-order valence-corrected chi connectivity index (χ0v) is 24.2. The Bertz CT molecular complexity index is 1380. The second-order valence-corrected chi connectivity index (χ2v) is 10.8. The van der Waals surface area contributed by atoms with Crippen LogP contribution in [0.3, 0.4) is 0 Å². The van der Waals surface area contributed by atoms with E-state index in [1.54, 1.807) is 36.0 Å². The van der Waals surface area contributed by atoms with Gasteiger partial charge in [-0.3, -0.25) is 0 Å². The van der Waals surface area contributed by atoms with Gasteiger partial charge in [0.1, 0.15) is 11.5 Å². The molecule has 2 unspecified atom stereocenters. The molecule has 4 nitrogen and oxygen atoms in total. The zero-order valence-electron chi connectivity index (χ0n) is 23.3. The maximum absolute atomic E-state index is 11.4. The van der Waals surface area contributed by atoms with Crippen molar-refractivity contribution in [1.82, 2.24) is 0 Å². The summed E-state index contributed by atoms with van der Waals surface area (Å²) in [4.78, 5) is 1.94. The molecule has 4 aromatic rings. The summed E-state index contributed by atoms with van der Waals surface area (Å²) in [5.41, 5.74) is -0.713.